The van der Waals surface area contributed by atoms with Gasteiger partial charge in [0.05, 0.1) is 30.0 Å². The van der Waals surface area contributed by atoms with Crippen molar-refractivity contribution in [2.45, 2.75) is 31.8 Å². The van der Waals surface area contributed by atoms with Crippen molar-refractivity contribution in [1.29, 1.82) is 0 Å². The summed E-state index contributed by atoms with van der Waals surface area (Å²) >= 11 is 0. The van der Waals surface area contributed by atoms with Gasteiger partial charge in [0.2, 0.25) is 0 Å². The third-order valence-corrected chi connectivity index (χ3v) is 5.90. The minimum atomic E-state index is -0.279. The standard InChI is InChI=1S/C21H25FN8O/c1-13(27-20-18-19(24-11-23-18)25-12-26-20)21-28-16-5-4-14(22)9-17(16)30(21)15-3-2-6-29(10-15)7-8-31/h4-5,9,11-13,15,31H,2-3,6-8,10H2,1H3,(H2,23,24,25,26,27)/t13-,15+/m0/s1. The molecule has 0 bridgehead atoms. The Hall–Kier alpha value is -3.11. The van der Waals surface area contributed by atoms with Gasteiger partial charge in [0.1, 0.15) is 23.5 Å². The van der Waals surface area contributed by atoms with E-state index in [1.165, 1.54) is 12.4 Å². The summed E-state index contributed by atoms with van der Waals surface area (Å²) in [5.41, 5.74) is 2.87. The molecule has 0 amide bonds. The van der Waals surface area contributed by atoms with Gasteiger partial charge in [-0.15, -0.1) is 0 Å². The van der Waals surface area contributed by atoms with Crippen LogP contribution in [0.4, 0.5) is 10.2 Å². The summed E-state index contributed by atoms with van der Waals surface area (Å²) in [6, 6.07) is 4.68. The second kappa shape index (κ2) is 8.20. The van der Waals surface area contributed by atoms with Gasteiger partial charge >= 0.3 is 0 Å². The van der Waals surface area contributed by atoms with Crippen LogP contribution in [0.15, 0.2) is 30.9 Å². The minimum Gasteiger partial charge on any atom is -0.395 e. The van der Waals surface area contributed by atoms with Gasteiger partial charge in [-0.3, -0.25) is 4.90 Å². The van der Waals surface area contributed by atoms with Crippen LogP contribution in [0.25, 0.3) is 22.2 Å². The second-order valence-corrected chi connectivity index (χ2v) is 7.98. The van der Waals surface area contributed by atoms with Crippen LogP contribution in [-0.4, -0.2) is 65.7 Å². The van der Waals surface area contributed by atoms with Crippen molar-refractivity contribution < 1.29 is 9.50 Å². The van der Waals surface area contributed by atoms with E-state index in [4.69, 9.17) is 4.98 Å². The maximum absolute atomic E-state index is 14.1. The van der Waals surface area contributed by atoms with Crippen LogP contribution in [-0.2, 0) is 0 Å². The van der Waals surface area contributed by atoms with Gasteiger partial charge < -0.3 is 20.0 Å². The number of H-pyrrole nitrogens is 1. The third kappa shape index (κ3) is 3.72. The molecule has 0 saturated carbocycles. The lowest BCUT2D eigenvalue weighted by atomic mass is 10.0. The quantitative estimate of drug-likeness (QED) is 0.437. The number of halogens is 1. The number of aliphatic hydroxyl groups is 1. The Morgan fingerprint density at radius 2 is 2.23 bits per heavy atom. The van der Waals surface area contributed by atoms with E-state index in [-0.39, 0.29) is 24.5 Å². The predicted octanol–water partition coefficient (Wildman–Crippen LogP) is 2.64. The summed E-state index contributed by atoms with van der Waals surface area (Å²) in [6.07, 6.45) is 5.05. The number of piperidine rings is 1. The predicted molar refractivity (Wildman–Crippen MR) is 115 cm³/mol. The average molecular weight is 424 g/mol. The highest BCUT2D eigenvalue weighted by Gasteiger charge is 2.27. The first-order chi connectivity index (χ1) is 15.1. The Morgan fingerprint density at radius 1 is 1.32 bits per heavy atom. The molecule has 5 rings (SSSR count). The fourth-order valence-electron chi connectivity index (χ4n) is 4.50. The van der Waals surface area contributed by atoms with E-state index in [2.05, 4.69) is 34.7 Å². The minimum absolute atomic E-state index is 0.130. The number of hydrogen-bond acceptors (Lipinski definition) is 7. The average Bonchev–Trinajstić information content (AvgIpc) is 3.39. The van der Waals surface area contributed by atoms with E-state index >= 15 is 0 Å². The van der Waals surface area contributed by atoms with Crippen LogP contribution in [0.5, 0.6) is 0 Å². The first kappa shape index (κ1) is 19.8. The summed E-state index contributed by atoms with van der Waals surface area (Å²) in [7, 11) is 0. The lowest BCUT2D eigenvalue weighted by molar-refractivity contribution is 0.142. The number of aromatic amines is 1. The van der Waals surface area contributed by atoms with E-state index in [0.717, 1.165) is 48.3 Å². The summed E-state index contributed by atoms with van der Waals surface area (Å²) in [5.74, 6) is 1.19. The van der Waals surface area contributed by atoms with E-state index in [0.29, 0.717) is 18.0 Å². The Balaban J connectivity index is 1.54. The molecule has 9 nitrogen and oxygen atoms in total. The maximum Gasteiger partial charge on any atom is 0.182 e. The maximum atomic E-state index is 14.1. The highest BCUT2D eigenvalue weighted by atomic mass is 19.1. The van der Waals surface area contributed by atoms with E-state index in [9.17, 15) is 9.50 Å². The van der Waals surface area contributed by atoms with Gasteiger partial charge in [0.15, 0.2) is 11.5 Å². The van der Waals surface area contributed by atoms with Crippen LogP contribution in [0.3, 0.4) is 0 Å². The first-order valence-corrected chi connectivity index (χ1v) is 10.5. The summed E-state index contributed by atoms with van der Waals surface area (Å²) < 4.78 is 16.3. The van der Waals surface area contributed by atoms with Crippen LogP contribution in [0.2, 0.25) is 0 Å². The molecule has 1 aromatic carbocycles. The molecule has 1 fully saturated rings. The molecule has 4 heterocycles. The van der Waals surface area contributed by atoms with Crippen molar-refractivity contribution in [3.05, 3.63) is 42.5 Å². The van der Waals surface area contributed by atoms with Crippen molar-refractivity contribution in [3.8, 4) is 0 Å². The number of likely N-dealkylation sites (tertiary alicyclic amines) is 1. The zero-order valence-corrected chi connectivity index (χ0v) is 17.3. The number of anilines is 1. The normalized spacial score (nSPS) is 18.6. The summed E-state index contributed by atoms with van der Waals surface area (Å²) in [5, 5.41) is 12.8. The second-order valence-electron chi connectivity index (χ2n) is 7.98. The SMILES string of the molecule is C[C@H](Nc1ncnc2nc[nH]c12)c1nc2ccc(F)cc2n1[C@@H]1CCCN(CCO)C1. The molecule has 0 aliphatic carbocycles. The highest BCUT2D eigenvalue weighted by molar-refractivity contribution is 5.82. The van der Waals surface area contributed by atoms with E-state index in [1.54, 1.807) is 18.5 Å². The lowest BCUT2D eigenvalue weighted by Crippen LogP contribution is -2.38. The highest BCUT2D eigenvalue weighted by Crippen LogP contribution is 2.32. The molecule has 1 saturated heterocycles. The zero-order valence-electron chi connectivity index (χ0n) is 17.3. The molecule has 3 aromatic heterocycles. The number of aromatic nitrogens is 6. The smallest absolute Gasteiger partial charge is 0.182 e. The molecule has 2 atom stereocenters. The number of nitrogens with one attached hydrogen (secondary N) is 2. The summed E-state index contributed by atoms with van der Waals surface area (Å²) in [4.78, 5) is 22.9. The Morgan fingerprint density at radius 3 is 3.10 bits per heavy atom. The van der Waals surface area contributed by atoms with Crippen LogP contribution < -0.4 is 5.32 Å². The fraction of sp³-hybridized carbons (Fsp3) is 0.429. The monoisotopic (exact) mass is 424 g/mol. The fourth-order valence-corrected chi connectivity index (χ4v) is 4.50. The first-order valence-electron chi connectivity index (χ1n) is 10.5. The molecule has 0 radical (unpaired) electrons. The zero-order chi connectivity index (χ0) is 21.4. The lowest BCUT2D eigenvalue weighted by Gasteiger charge is -2.34. The van der Waals surface area contributed by atoms with Crippen molar-refractivity contribution in [2.75, 3.05) is 31.6 Å². The molecule has 1 aliphatic rings. The molecule has 4 aromatic rings. The van der Waals surface area contributed by atoms with Gasteiger partial charge in [-0.1, -0.05) is 0 Å². The summed E-state index contributed by atoms with van der Waals surface area (Å²) in [6.45, 7) is 4.54. The molecule has 0 spiro atoms. The van der Waals surface area contributed by atoms with Crippen LogP contribution >= 0.6 is 0 Å². The van der Waals surface area contributed by atoms with Crippen molar-refractivity contribution >= 4 is 28.0 Å². The molecular formula is C21H25FN8O. The van der Waals surface area contributed by atoms with Gasteiger partial charge in [-0.05, 0) is 44.5 Å². The molecule has 1 aliphatic heterocycles. The van der Waals surface area contributed by atoms with Gasteiger partial charge in [-0.25, -0.2) is 24.3 Å². The van der Waals surface area contributed by atoms with Gasteiger partial charge in [0, 0.05) is 19.1 Å². The van der Waals surface area contributed by atoms with Gasteiger partial charge in [0.25, 0.3) is 0 Å². The van der Waals surface area contributed by atoms with Crippen molar-refractivity contribution in [2.24, 2.45) is 0 Å². The Kier molecular flexibility index (Phi) is 5.24. The number of rotatable bonds is 6. The Bertz CT molecular complexity index is 1200. The largest absolute Gasteiger partial charge is 0.395 e. The number of hydrogen-bond donors (Lipinski definition) is 3. The number of nitrogens with zero attached hydrogens (tertiary/aromatic N) is 6. The number of imidazole rings is 2. The molecule has 31 heavy (non-hydrogen) atoms. The topological polar surface area (TPSA) is 108 Å². The number of fused-ring (bicyclic) bond motifs is 2. The van der Waals surface area contributed by atoms with Gasteiger partial charge in [-0.2, -0.15) is 0 Å². The molecule has 10 heteroatoms. The van der Waals surface area contributed by atoms with Crippen LogP contribution in [0, 0.1) is 5.82 Å². The van der Waals surface area contributed by atoms with E-state index in [1.807, 2.05) is 6.92 Å². The molecule has 162 valence electrons. The van der Waals surface area contributed by atoms with E-state index < -0.39 is 0 Å². The van der Waals surface area contributed by atoms with Crippen molar-refractivity contribution in [1.82, 2.24) is 34.4 Å². The molecule has 0 unspecified atom stereocenters. The molecule has 3 N–H and O–H groups in total. The number of β-amino-alcohol motifs (C(OH)–C–C–N with tert-alkyl or cyclic N) is 1. The van der Waals surface area contributed by atoms with Crippen molar-refractivity contribution in [3.63, 3.8) is 0 Å². The van der Waals surface area contributed by atoms with Crippen LogP contribution in [0.1, 0.15) is 37.7 Å². The number of aliphatic hydroxyl groups excluding tert-OH is 1. The molecular weight excluding hydrogens is 399 g/mol. The Labute approximate surface area is 178 Å². The third-order valence-electron chi connectivity index (χ3n) is 5.90. The number of benzene rings is 1.